The summed E-state index contributed by atoms with van der Waals surface area (Å²) in [5, 5.41) is 50.1. The molecule has 1 fully saturated rings. The van der Waals surface area contributed by atoms with Crippen LogP contribution < -0.4 is 0 Å². The summed E-state index contributed by atoms with van der Waals surface area (Å²) >= 11 is 0. The zero-order valence-electron chi connectivity index (χ0n) is 34.2. The van der Waals surface area contributed by atoms with E-state index in [9.17, 15) is 39.8 Å². The first-order chi connectivity index (χ1) is 27.0. The van der Waals surface area contributed by atoms with Crippen molar-refractivity contribution in [2.24, 2.45) is 0 Å². The Bertz CT molecular complexity index is 1160. The number of ether oxygens (including phenoxy) is 2. The van der Waals surface area contributed by atoms with Crippen LogP contribution in [0, 0.1) is 0 Å². The van der Waals surface area contributed by atoms with E-state index in [1.165, 1.54) is 25.7 Å². The summed E-state index contributed by atoms with van der Waals surface area (Å²) in [6.45, 7) is 4.04. The molecule has 0 aromatic carbocycles. The third-order valence-corrected chi connectivity index (χ3v) is 10.4. The van der Waals surface area contributed by atoms with Crippen LogP contribution in [0.25, 0.3) is 0 Å². The molecule has 6 unspecified atom stereocenters. The number of aliphatic hydroxyl groups is 5. The fraction of sp³-hybridized carbons (Fsp3) is 0.744. The molecule has 6 N–H and O–H groups in total. The lowest BCUT2D eigenvalue weighted by Crippen LogP contribution is -2.64. The summed E-state index contributed by atoms with van der Waals surface area (Å²) < 4.78 is 34.0. The number of carbonyl (C=O) groups excluding carboxylic acids is 1. The molecule has 0 aromatic rings. The molecule has 0 aliphatic heterocycles. The second-order valence-electron chi connectivity index (χ2n) is 14.5. The molecule has 0 spiro atoms. The Morgan fingerprint density at radius 1 is 0.589 bits per heavy atom. The van der Waals surface area contributed by atoms with Gasteiger partial charge < -0.3 is 39.9 Å². The summed E-state index contributed by atoms with van der Waals surface area (Å²) in [5.41, 5.74) is 0. The van der Waals surface area contributed by atoms with Gasteiger partial charge in [0, 0.05) is 13.0 Å². The summed E-state index contributed by atoms with van der Waals surface area (Å²) in [6.07, 6.45) is 28.6. The van der Waals surface area contributed by atoms with Gasteiger partial charge in [0.1, 0.15) is 42.7 Å². The number of rotatable bonds is 34. The zero-order valence-corrected chi connectivity index (χ0v) is 35.1. The number of phosphoric acid groups is 1. The second kappa shape index (κ2) is 34.0. The average molecular weight is 815 g/mol. The van der Waals surface area contributed by atoms with Gasteiger partial charge in [-0.05, 0) is 70.6 Å². The van der Waals surface area contributed by atoms with Gasteiger partial charge in [-0.3, -0.25) is 13.8 Å². The minimum absolute atomic E-state index is 0.0940. The molecule has 0 aromatic heterocycles. The Labute approximate surface area is 337 Å². The number of unbranched alkanes of at least 4 members (excludes halogenated alkanes) is 12. The van der Waals surface area contributed by atoms with Gasteiger partial charge in [0.2, 0.25) is 0 Å². The third kappa shape index (κ3) is 26.1. The van der Waals surface area contributed by atoms with E-state index in [0.29, 0.717) is 13.0 Å². The monoisotopic (exact) mass is 814 g/mol. The Kier molecular flexibility index (Phi) is 31.6. The molecule has 0 saturated heterocycles. The first-order valence-corrected chi connectivity index (χ1v) is 22.6. The minimum Gasteiger partial charge on any atom is -0.457 e. The molecule has 1 saturated carbocycles. The SMILES string of the molecule is CC/C=C\C/C=C\C/C=C\C/C=C\CCCCCCC(=O)OC(COCCCCCCCC/C=C\CCCC)COP(=O)(O)OC1C(O)C(O)C(O)C(O)C1O. The van der Waals surface area contributed by atoms with Crippen molar-refractivity contribution in [1.82, 2.24) is 0 Å². The van der Waals surface area contributed by atoms with Crippen molar-refractivity contribution < 1.29 is 58.3 Å². The molecule has 1 aliphatic carbocycles. The molecule has 0 heterocycles. The maximum atomic E-state index is 12.8. The second-order valence-corrected chi connectivity index (χ2v) is 15.9. The molecule has 324 valence electrons. The fourth-order valence-electron chi connectivity index (χ4n) is 5.97. The first kappa shape index (κ1) is 52.1. The summed E-state index contributed by atoms with van der Waals surface area (Å²) in [6, 6.07) is 0. The molecule has 13 heteroatoms. The quantitative estimate of drug-likeness (QED) is 0.0160. The van der Waals surface area contributed by atoms with Crippen LogP contribution in [-0.4, -0.2) is 98.9 Å². The van der Waals surface area contributed by atoms with Crippen LogP contribution in [0.3, 0.4) is 0 Å². The van der Waals surface area contributed by atoms with E-state index in [-0.39, 0.29) is 13.0 Å². The summed E-state index contributed by atoms with van der Waals surface area (Å²) in [5.74, 6) is -0.506. The first-order valence-electron chi connectivity index (χ1n) is 21.1. The number of aliphatic hydroxyl groups excluding tert-OH is 5. The van der Waals surface area contributed by atoms with Crippen LogP contribution in [0.15, 0.2) is 60.8 Å². The van der Waals surface area contributed by atoms with Crippen molar-refractivity contribution in [3.63, 3.8) is 0 Å². The van der Waals surface area contributed by atoms with Gasteiger partial charge in [-0.25, -0.2) is 4.57 Å². The van der Waals surface area contributed by atoms with Crippen LogP contribution in [0.4, 0.5) is 0 Å². The van der Waals surface area contributed by atoms with E-state index in [1.54, 1.807) is 0 Å². The van der Waals surface area contributed by atoms with E-state index >= 15 is 0 Å². The lowest BCUT2D eigenvalue weighted by atomic mass is 9.85. The van der Waals surface area contributed by atoms with Crippen molar-refractivity contribution in [3.05, 3.63) is 60.8 Å². The van der Waals surface area contributed by atoms with E-state index in [4.69, 9.17) is 18.5 Å². The lowest BCUT2D eigenvalue weighted by molar-refractivity contribution is -0.220. The minimum atomic E-state index is -5.02. The Morgan fingerprint density at radius 2 is 1.05 bits per heavy atom. The Balaban J connectivity index is 2.46. The standard InChI is InChI=1S/C43H75O12P/c1-3-5-7-9-11-13-15-17-18-19-20-21-22-24-26-28-30-32-37(44)54-36(34-52-33-31-29-27-25-23-16-14-12-10-8-6-4-2)35-53-56(50,51)55-43-41(48)39(46)38(45)40(47)42(43)49/h5,7,10-13,17-18,20-21,36,38-43,45-49H,3-4,6,8-9,14-16,19,22-35H2,1-2H3,(H,50,51)/b7-5-,12-10-,13-11-,18-17-,21-20-. The molecule has 1 aliphatic rings. The molecule has 0 bridgehead atoms. The fourth-order valence-corrected chi connectivity index (χ4v) is 6.95. The van der Waals surface area contributed by atoms with Gasteiger partial charge in [0.05, 0.1) is 13.2 Å². The number of esters is 1. The molecule has 1 rings (SSSR count). The van der Waals surface area contributed by atoms with E-state index in [2.05, 4.69) is 74.6 Å². The number of phosphoric ester groups is 1. The molecule has 56 heavy (non-hydrogen) atoms. The zero-order chi connectivity index (χ0) is 41.3. The highest BCUT2D eigenvalue weighted by Crippen LogP contribution is 2.47. The number of hydrogen-bond acceptors (Lipinski definition) is 11. The van der Waals surface area contributed by atoms with Crippen molar-refractivity contribution in [1.29, 1.82) is 0 Å². The van der Waals surface area contributed by atoms with Crippen LogP contribution in [0.5, 0.6) is 0 Å². The highest BCUT2D eigenvalue weighted by Gasteiger charge is 2.51. The van der Waals surface area contributed by atoms with Gasteiger partial charge >= 0.3 is 13.8 Å². The predicted octanol–water partition coefficient (Wildman–Crippen LogP) is 7.86. The Hall–Kier alpha value is -1.96. The third-order valence-electron chi connectivity index (χ3n) is 9.37. The molecule has 6 atom stereocenters. The average Bonchev–Trinajstić information content (AvgIpc) is 3.18. The number of hydrogen-bond donors (Lipinski definition) is 6. The van der Waals surface area contributed by atoms with Crippen LogP contribution in [-0.2, 0) is 27.9 Å². The highest BCUT2D eigenvalue weighted by molar-refractivity contribution is 7.47. The van der Waals surface area contributed by atoms with Gasteiger partial charge in [-0.2, -0.15) is 0 Å². The number of allylic oxidation sites excluding steroid dienone is 10. The highest BCUT2D eigenvalue weighted by atomic mass is 31.2. The smallest absolute Gasteiger partial charge is 0.457 e. The summed E-state index contributed by atoms with van der Waals surface area (Å²) in [7, 11) is -5.02. The molecule has 0 amide bonds. The van der Waals surface area contributed by atoms with Crippen LogP contribution >= 0.6 is 7.82 Å². The van der Waals surface area contributed by atoms with Gasteiger partial charge in [0.25, 0.3) is 0 Å². The van der Waals surface area contributed by atoms with E-state index in [1.807, 2.05) is 0 Å². The lowest BCUT2D eigenvalue weighted by Gasteiger charge is -2.41. The van der Waals surface area contributed by atoms with Crippen LogP contribution in [0.2, 0.25) is 0 Å². The number of carbonyl (C=O) groups is 1. The largest absolute Gasteiger partial charge is 0.472 e. The molecular weight excluding hydrogens is 739 g/mol. The molecular formula is C43H75O12P. The van der Waals surface area contributed by atoms with Crippen molar-refractivity contribution >= 4 is 13.8 Å². The molecule has 0 radical (unpaired) electrons. The van der Waals surface area contributed by atoms with Crippen molar-refractivity contribution in [2.45, 2.75) is 185 Å². The maximum absolute atomic E-state index is 12.8. The van der Waals surface area contributed by atoms with Gasteiger partial charge in [-0.1, -0.05) is 126 Å². The van der Waals surface area contributed by atoms with Crippen molar-refractivity contribution in [2.75, 3.05) is 19.8 Å². The normalized spacial score (nSPS) is 23.6. The molecule has 12 nitrogen and oxygen atoms in total. The van der Waals surface area contributed by atoms with Crippen molar-refractivity contribution in [3.8, 4) is 0 Å². The van der Waals surface area contributed by atoms with Gasteiger partial charge in [-0.15, -0.1) is 0 Å². The Morgan fingerprint density at radius 3 is 1.62 bits per heavy atom. The van der Waals surface area contributed by atoms with Crippen LogP contribution in [0.1, 0.15) is 142 Å². The van der Waals surface area contributed by atoms with Gasteiger partial charge in [0.15, 0.2) is 0 Å². The topological polar surface area (TPSA) is 192 Å². The van der Waals surface area contributed by atoms with E-state index < -0.39 is 63.1 Å². The van der Waals surface area contributed by atoms with E-state index in [0.717, 1.165) is 89.9 Å². The maximum Gasteiger partial charge on any atom is 0.472 e. The summed E-state index contributed by atoms with van der Waals surface area (Å²) in [4.78, 5) is 23.1. The predicted molar refractivity (Wildman–Crippen MR) is 221 cm³/mol.